The molecular formula is C14H24F2N2. The van der Waals surface area contributed by atoms with Crippen LogP contribution in [0.25, 0.3) is 0 Å². The third kappa shape index (κ3) is 4.18. The van der Waals surface area contributed by atoms with Crippen LogP contribution in [-0.2, 0) is 0 Å². The van der Waals surface area contributed by atoms with Gasteiger partial charge in [-0.05, 0) is 51.9 Å². The summed E-state index contributed by atoms with van der Waals surface area (Å²) < 4.78 is 26.4. The molecule has 0 aromatic heterocycles. The largest absolute Gasteiger partial charge is 0.313 e. The first-order valence-electron chi connectivity index (χ1n) is 6.50. The monoisotopic (exact) mass is 258 g/mol. The van der Waals surface area contributed by atoms with Crippen molar-refractivity contribution < 1.29 is 8.78 Å². The minimum Gasteiger partial charge on any atom is -0.313 e. The molecule has 2 nitrogen and oxygen atoms in total. The fourth-order valence-corrected chi connectivity index (χ4v) is 2.75. The van der Waals surface area contributed by atoms with Gasteiger partial charge >= 0.3 is 0 Å². The van der Waals surface area contributed by atoms with Gasteiger partial charge in [0, 0.05) is 19.0 Å². The van der Waals surface area contributed by atoms with Crippen LogP contribution in [0.15, 0.2) is 23.8 Å². The average molecular weight is 258 g/mol. The molecule has 104 valence electrons. The van der Waals surface area contributed by atoms with Gasteiger partial charge < -0.3 is 10.2 Å². The number of nitrogens with one attached hydrogen (secondary N) is 1. The summed E-state index contributed by atoms with van der Waals surface area (Å²) in [6.45, 7) is 6.69. The quantitative estimate of drug-likeness (QED) is 0.788. The Labute approximate surface area is 109 Å². The number of allylic oxidation sites excluding steroid dienone is 2. The van der Waals surface area contributed by atoms with Crippen LogP contribution in [0.3, 0.4) is 0 Å². The SMILES string of the molecule is C=C(F)CC/C(=C(\C)F)C(NC)C1CCN(C)C1. The van der Waals surface area contributed by atoms with Crippen LogP contribution in [0.1, 0.15) is 26.2 Å². The molecular weight excluding hydrogens is 234 g/mol. The van der Waals surface area contributed by atoms with Gasteiger partial charge in [-0.15, -0.1) is 0 Å². The molecule has 2 atom stereocenters. The van der Waals surface area contributed by atoms with E-state index < -0.39 is 0 Å². The maximum absolute atomic E-state index is 13.7. The standard InChI is InChI=1S/C14H24F2N2/c1-10(15)5-6-13(11(2)16)14(17-3)12-7-8-18(4)9-12/h12,14,17H,1,5-9H2,2-4H3/b13-11-. The highest BCUT2D eigenvalue weighted by atomic mass is 19.1. The summed E-state index contributed by atoms with van der Waals surface area (Å²) in [5, 5.41) is 3.19. The highest BCUT2D eigenvalue weighted by Crippen LogP contribution is 2.28. The van der Waals surface area contributed by atoms with Crippen molar-refractivity contribution in [3.63, 3.8) is 0 Å². The number of likely N-dealkylation sites (tertiary alicyclic amines) is 1. The molecule has 0 spiro atoms. The molecule has 1 saturated heterocycles. The molecule has 0 aromatic rings. The number of hydrogen-bond donors (Lipinski definition) is 1. The van der Waals surface area contributed by atoms with Crippen LogP contribution < -0.4 is 5.32 Å². The van der Waals surface area contributed by atoms with Crippen LogP contribution in [0.2, 0.25) is 0 Å². The molecule has 1 aliphatic rings. The summed E-state index contributed by atoms with van der Waals surface area (Å²) >= 11 is 0. The molecule has 1 rings (SSSR count). The van der Waals surface area contributed by atoms with Gasteiger partial charge in [0.05, 0.1) is 11.7 Å². The lowest BCUT2D eigenvalue weighted by Gasteiger charge is -2.26. The van der Waals surface area contributed by atoms with Crippen molar-refractivity contribution in [1.29, 1.82) is 0 Å². The first kappa shape index (κ1) is 15.3. The predicted octanol–water partition coefficient (Wildman–Crippen LogP) is 3.03. The zero-order valence-electron chi connectivity index (χ0n) is 11.6. The maximum Gasteiger partial charge on any atom is 0.0976 e. The highest BCUT2D eigenvalue weighted by molar-refractivity contribution is 5.17. The number of nitrogens with zero attached hydrogens (tertiary/aromatic N) is 1. The summed E-state index contributed by atoms with van der Waals surface area (Å²) in [5.41, 5.74) is 0.691. The zero-order chi connectivity index (χ0) is 13.7. The summed E-state index contributed by atoms with van der Waals surface area (Å²) in [6.07, 6.45) is 1.66. The van der Waals surface area contributed by atoms with Crippen molar-refractivity contribution in [2.45, 2.75) is 32.2 Å². The molecule has 4 heteroatoms. The normalized spacial score (nSPS) is 23.9. The third-order valence-electron chi connectivity index (χ3n) is 3.69. The Morgan fingerprint density at radius 2 is 2.11 bits per heavy atom. The second-order valence-electron chi connectivity index (χ2n) is 5.15. The van der Waals surface area contributed by atoms with E-state index in [2.05, 4.69) is 23.8 Å². The highest BCUT2D eigenvalue weighted by Gasteiger charge is 2.30. The number of halogens is 2. The molecule has 1 heterocycles. The first-order valence-corrected chi connectivity index (χ1v) is 6.50. The van der Waals surface area contributed by atoms with E-state index in [9.17, 15) is 8.78 Å². The fraction of sp³-hybridized carbons (Fsp3) is 0.714. The Bertz CT molecular complexity index is 322. The lowest BCUT2D eigenvalue weighted by molar-refractivity contribution is 0.358. The molecule has 0 radical (unpaired) electrons. The molecule has 1 N–H and O–H groups in total. The Balaban J connectivity index is 2.75. The van der Waals surface area contributed by atoms with Gasteiger partial charge in [0.15, 0.2) is 0 Å². The minimum atomic E-state index is -0.382. The van der Waals surface area contributed by atoms with E-state index in [0.717, 1.165) is 19.5 Å². The molecule has 0 aromatic carbocycles. The van der Waals surface area contributed by atoms with E-state index in [1.807, 2.05) is 7.05 Å². The summed E-state index contributed by atoms with van der Waals surface area (Å²) in [5.74, 6) is -0.175. The number of rotatable bonds is 6. The molecule has 1 aliphatic heterocycles. The van der Waals surface area contributed by atoms with Crippen LogP contribution in [0.4, 0.5) is 8.78 Å². The summed E-state index contributed by atoms with van der Waals surface area (Å²) in [7, 11) is 3.91. The van der Waals surface area contributed by atoms with Crippen LogP contribution >= 0.6 is 0 Å². The molecule has 2 unspecified atom stereocenters. The predicted molar refractivity (Wildman–Crippen MR) is 71.7 cm³/mol. The fourth-order valence-electron chi connectivity index (χ4n) is 2.75. The lowest BCUT2D eigenvalue weighted by atomic mass is 9.89. The Kier molecular flexibility index (Phi) is 5.96. The first-order chi connectivity index (χ1) is 8.45. The molecule has 1 fully saturated rings. The number of hydrogen-bond acceptors (Lipinski definition) is 2. The lowest BCUT2D eigenvalue weighted by Crippen LogP contribution is -2.37. The van der Waals surface area contributed by atoms with Crippen molar-refractivity contribution in [3.8, 4) is 0 Å². The zero-order valence-corrected chi connectivity index (χ0v) is 11.6. The van der Waals surface area contributed by atoms with Crippen LogP contribution in [0.5, 0.6) is 0 Å². The van der Waals surface area contributed by atoms with Gasteiger partial charge in [0.1, 0.15) is 0 Å². The Morgan fingerprint density at radius 3 is 2.50 bits per heavy atom. The Morgan fingerprint density at radius 1 is 1.44 bits per heavy atom. The van der Waals surface area contributed by atoms with Crippen molar-refractivity contribution in [1.82, 2.24) is 10.2 Å². The van der Waals surface area contributed by atoms with E-state index in [4.69, 9.17) is 0 Å². The van der Waals surface area contributed by atoms with Crippen molar-refractivity contribution >= 4 is 0 Å². The van der Waals surface area contributed by atoms with Gasteiger partial charge in [-0.3, -0.25) is 0 Å². The van der Waals surface area contributed by atoms with E-state index in [1.165, 1.54) is 6.92 Å². The van der Waals surface area contributed by atoms with Gasteiger partial charge in [0.2, 0.25) is 0 Å². The van der Waals surface area contributed by atoms with Gasteiger partial charge in [-0.1, -0.05) is 6.58 Å². The van der Waals surface area contributed by atoms with Crippen molar-refractivity contribution in [3.05, 3.63) is 23.8 Å². The van der Waals surface area contributed by atoms with E-state index in [-0.39, 0.29) is 24.1 Å². The van der Waals surface area contributed by atoms with Gasteiger partial charge in [-0.2, -0.15) is 0 Å². The molecule has 0 aliphatic carbocycles. The maximum atomic E-state index is 13.7. The molecule has 0 bridgehead atoms. The van der Waals surface area contributed by atoms with E-state index in [1.54, 1.807) is 0 Å². The minimum absolute atomic E-state index is 0.000648. The number of likely N-dealkylation sites (N-methyl/N-ethyl adjacent to an activating group) is 1. The summed E-state index contributed by atoms with van der Waals surface area (Å²) in [4.78, 5) is 2.24. The van der Waals surface area contributed by atoms with Crippen molar-refractivity contribution in [2.75, 3.05) is 27.2 Å². The van der Waals surface area contributed by atoms with Crippen LogP contribution in [-0.4, -0.2) is 38.1 Å². The molecule has 0 amide bonds. The smallest absolute Gasteiger partial charge is 0.0976 e. The summed E-state index contributed by atoms with van der Waals surface area (Å²) in [6, 6.07) is -0.000648. The average Bonchev–Trinajstić information content (AvgIpc) is 2.69. The van der Waals surface area contributed by atoms with Crippen molar-refractivity contribution in [2.24, 2.45) is 5.92 Å². The van der Waals surface area contributed by atoms with E-state index >= 15 is 0 Å². The van der Waals surface area contributed by atoms with Crippen LogP contribution in [0, 0.1) is 5.92 Å². The third-order valence-corrected chi connectivity index (χ3v) is 3.69. The second-order valence-corrected chi connectivity index (χ2v) is 5.15. The van der Waals surface area contributed by atoms with E-state index in [0.29, 0.717) is 17.9 Å². The Hall–Kier alpha value is -0.740. The molecule has 0 saturated carbocycles. The topological polar surface area (TPSA) is 15.3 Å². The second kappa shape index (κ2) is 7.00. The van der Waals surface area contributed by atoms with Gasteiger partial charge in [-0.25, -0.2) is 8.78 Å². The molecule has 18 heavy (non-hydrogen) atoms. The van der Waals surface area contributed by atoms with Gasteiger partial charge in [0.25, 0.3) is 0 Å².